The molecule has 3 aromatic rings. The third-order valence-corrected chi connectivity index (χ3v) is 4.74. The Morgan fingerprint density at radius 3 is 2.11 bits per heavy atom. The molecule has 0 aliphatic carbocycles. The van der Waals surface area contributed by atoms with Gasteiger partial charge in [-0.15, -0.1) is 41.0 Å². The van der Waals surface area contributed by atoms with Crippen LogP contribution < -0.4 is 0 Å². The Bertz CT molecular complexity index is 896. The third kappa shape index (κ3) is 4.23. The standard InChI is InChI=1S/C23H28N3.Ir/c1-15(2)21-24-25-22(18-11-9-8-10-12-18)26(21)20-16(3)13-19(14-17(20)4)23(5,6)7;/h8-11,13-15H,1-7H3;/q-1;. The first kappa shape index (κ1) is 21.5. The van der Waals surface area contributed by atoms with Crippen molar-refractivity contribution in [2.45, 2.75) is 59.8 Å². The summed E-state index contributed by atoms with van der Waals surface area (Å²) in [5, 5.41) is 9.03. The van der Waals surface area contributed by atoms with Crippen LogP contribution in [0.5, 0.6) is 0 Å². The van der Waals surface area contributed by atoms with Crippen molar-refractivity contribution >= 4 is 0 Å². The monoisotopic (exact) mass is 539 g/mol. The van der Waals surface area contributed by atoms with Crippen LogP contribution in [-0.4, -0.2) is 14.8 Å². The summed E-state index contributed by atoms with van der Waals surface area (Å²) in [4.78, 5) is 0. The van der Waals surface area contributed by atoms with Crippen LogP contribution in [0.4, 0.5) is 0 Å². The fraction of sp³-hybridized carbons (Fsp3) is 0.391. The van der Waals surface area contributed by atoms with Crippen molar-refractivity contribution in [3.63, 3.8) is 0 Å². The molecule has 0 spiro atoms. The van der Waals surface area contributed by atoms with E-state index in [-0.39, 0.29) is 31.4 Å². The summed E-state index contributed by atoms with van der Waals surface area (Å²) in [6, 6.07) is 15.8. The third-order valence-electron chi connectivity index (χ3n) is 4.74. The van der Waals surface area contributed by atoms with Crippen molar-refractivity contribution in [2.75, 3.05) is 0 Å². The minimum Gasteiger partial charge on any atom is -0.319 e. The van der Waals surface area contributed by atoms with Crippen molar-refractivity contribution in [1.29, 1.82) is 0 Å². The van der Waals surface area contributed by atoms with Gasteiger partial charge in [-0.1, -0.05) is 46.8 Å². The van der Waals surface area contributed by atoms with Crippen LogP contribution in [0.1, 0.15) is 63.1 Å². The quantitative estimate of drug-likeness (QED) is 0.397. The van der Waals surface area contributed by atoms with Gasteiger partial charge in [-0.2, -0.15) is 5.10 Å². The predicted octanol–water partition coefficient (Wildman–Crippen LogP) is 5.77. The minimum atomic E-state index is 0. The van der Waals surface area contributed by atoms with Crippen LogP contribution in [0, 0.1) is 19.9 Å². The van der Waals surface area contributed by atoms with Gasteiger partial charge in [0, 0.05) is 31.7 Å². The Balaban J connectivity index is 0.00000261. The maximum atomic E-state index is 4.52. The number of rotatable bonds is 3. The molecule has 0 saturated carbocycles. The SMILES string of the molecule is Cc1cc(C(C)(C)C)cc(C)c1-n1c(-c2[c-]cccc2)nnc1C(C)C.[Ir]. The molecule has 0 bridgehead atoms. The molecule has 0 aliphatic rings. The van der Waals surface area contributed by atoms with Gasteiger partial charge in [0.2, 0.25) is 0 Å². The molecule has 0 fully saturated rings. The first-order valence-electron chi connectivity index (χ1n) is 9.24. The van der Waals surface area contributed by atoms with Crippen molar-refractivity contribution in [3.8, 4) is 17.1 Å². The van der Waals surface area contributed by atoms with E-state index in [0.717, 1.165) is 17.2 Å². The average Bonchev–Trinajstić information content (AvgIpc) is 2.99. The van der Waals surface area contributed by atoms with E-state index in [0.29, 0.717) is 0 Å². The molecule has 1 heterocycles. The van der Waals surface area contributed by atoms with Gasteiger partial charge >= 0.3 is 0 Å². The van der Waals surface area contributed by atoms with Gasteiger partial charge < -0.3 is 4.57 Å². The summed E-state index contributed by atoms with van der Waals surface area (Å²) < 4.78 is 2.22. The molecule has 27 heavy (non-hydrogen) atoms. The van der Waals surface area contributed by atoms with Crippen LogP contribution in [0.3, 0.4) is 0 Å². The molecule has 0 saturated heterocycles. The largest absolute Gasteiger partial charge is 0.319 e. The number of nitrogens with zero attached hydrogens (tertiary/aromatic N) is 3. The molecule has 0 unspecified atom stereocenters. The molecule has 4 heteroatoms. The fourth-order valence-electron chi connectivity index (χ4n) is 3.34. The van der Waals surface area contributed by atoms with E-state index in [9.17, 15) is 0 Å². The number of hydrogen-bond donors (Lipinski definition) is 0. The molecular formula is C23H28IrN3-. The second-order valence-corrected chi connectivity index (χ2v) is 8.36. The molecule has 3 nitrogen and oxygen atoms in total. The van der Waals surface area contributed by atoms with Crippen LogP contribution >= 0.6 is 0 Å². The van der Waals surface area contributed by atoms with Crippen molar-refractivity contribution in [3.05, 3.63) is 65.0 Å². The van der Waals surface area contributed by atoms with Crippen LogP contribution in [0.15, 0.2) is 36.4 Å². The molecule has 0 amide bonds. The zero-order valence-electron chi connectivity index (χ0n) is 17.2. The second kappa shape index (κ2) is 8.08. The molecule has 145 valence electrons. The summed E-state index contributed by atoms with van der Waals surface area (Å²) in [7, 11) is 0. The number of aromatic nitrogens is 3. The van der Waals surface area contributed by atoms with E-state index in [1.165, 1.54) is 22.4 Å². The first-order chi connectivity index (χ1) is 12.2. The maximum Gasteiger partial charge on any atom is 0.131 e. The van der Waals surface area contributed by atoms with Gasteiger partial charge in [0.15, 0.2) is 0 Å². The van der Waals surface area contributed by atoms with Gasteiger partial charge in [-0.25, -0.2) is 0 Å². The van der Waals surface area contributed by atoms with Gasteiger partial charge in [0.1, 0.15) is 5.82 Å². The Kier molecular flexibility index (Phi) is 6.44. The average molecular weight is 539 g/mol. The van der Waals surface area contributed by atoms with Crippen molar-refractivity contribution in [2.24, 2.45) is 0 Å². The van der Waals surface area contributed by atoms with Crippen molar-refractivity contribution < 1.29 is 20.1 Å². The van der Waals surface area contributed by atoms with Crippen LogP contribution in [-0.2, 0) is 25.5 Å². The van der Waals surface area contributed by atoms with Gasteiger partial charge in [0.25, 0.3) is 0 Å². The van der Waals surface area contributed by atoms with E-state index in [1.807, 2.05) is 24.3 Å². The van der Waals surface area contributed by atoms with Crippen molar-refractivity contribution in [1.82, 2.24) is 14.8 Å². The van der Waals surface area contributed by atoms with Gasteiger partial charge in [-0.3, -0.25) is 0 Å². The molecule has 2 aromatic carbocycles. The molecule has 3 rings (SSSR count). The Hall–Kier alpha value is -1.77. The second-order valence-electron chi connectivity index (χ2n) is 8.36. The van der Waals surface area contributed by atoms with Crippen LogP contribution in [0.2, 0.25) is 0 Å². The summed E-state index contributed by atoms with van der Waals surface area (Å²) in [5.41, 5.74) is 6.11. The number of aryl methyl sites for hydroxylation is 2. The molecule has 1 radical (unpaired) electrons. The topological polar surface area (TPSA) is 30.7 Å². The van der Waals surface area contributed by atoms with E-state index < -0.39 is 0 Å². The number of hydrogen-bond acceptors (Lipinski definition) is 2. The van der Waals surface area contributed by atoms with E-state index in [2.05, 4.69) is 81.4 Å². The number of benzene rings is 2. The minimum absolute atomic E-state index is 0. The van der Waals surface area contributed by atoms with Gasteiger partial charge in [0.05, 0.1) is 5.82 Å². The zero-order chi connectivity index (χ0) is 19.1. The maximum absolute atomic E-state index is 4.52. The smallest absolute Gasteiger partial charge is 0.131 e. The van der Waals surface area contributed by atoms with Crippen LogP contribution in [0.25, 0.3) is 17.1 Å². The first-order valence-corrected chi connectivity index (χ1v) is 9.24. The molecular weight excluding hydrogens is 510 g/mol. The molecule has 0 aliphatic heterocycles. The van der Waals surface area contributed by atoms with E-state index in [4.69, 9.17) is 0 Å². The van der Waals surface area contributed by atoms with E-state index >= 15 is 0 Å². The summed E-state index contributed by atoms with van der Waals surface area (Å²) in [6.07, 6.45) is 0. The zero-order valence-corrected chi connectivity index (χ0v) is 19.6. The molecule has 0 atom stereocenters. The summed E-state index contributed by atoms with van der Waals surface area (Å²) >= 11 is 0. The summed E-state index contributed by atoms with van der Waals surface area (Å²) in [6.45, 7) is 15.4. The van der Waals surface area contributed by atoms with Gasteiger partial charge in [-0.05, 0) is 36.0 Å². The fourth-order valence-corrected chi connectivity index (χ4v) is 3.34. The molecule has 1 aromatic heterocycles. The Labute approximate surface area is 176 Å². The molecule has 0 N–H and O–H groups in total. The normalized spacial score (nSPS) is 11.6. The van der Waals surface area contributed by atoms with E-state index in [1.54, 1.807) is 0 Å². The summed E-state index contributed by atoms with van der Waals surface area (Å²) in [5.74, 6) is 2.11. The Morgan fingerprint density at radius 2 is 1.63 bits per heavy atom. The Morgan fingerprint density at radius 1 is 1.00 bits per heavy atom. The predicted molar refractivity (Wildman–Crippen MR) is 108 cm³/mol.